The summed E-state index contributed by atoms with van der Waals surface area (Å²) >= 11 is 1.34. The van der Waals surface area contributed by atoms with E-state index in [2.05, 4.69) is 20.6 Å². The van der Waals surface area contributed by atoms with Crippen molar-refractivity contribution < 1.29 is 9.53 Å². The fourth-order valence-electron chi connectivity index (χ4n) is 1.96. The fourth-order valence-corrected chi connectivity index (χ4v) is 2.49. The minimum atomic E-state index is -0.357. The summed E-state index contributed by atoms with van der Waals surface area (Å²) in [7, 11) is 1.56. The largest absolute Gasteiger partial charge is 0.378 e. The first-order valence-electron chi connectivity index (χ1n) is 6.49. The second-order valence-corrected chi connectivity index (χ2v) is 5.25. The second kappa shape index (κ2) is 6.46. The number of benzene rings is 1. The standard InChI is InChI=1S/C14H13N5O2S/c1-21-9-11-12(13(20)16-14-15-7-8-22-14)17-18-19(11)10-5-3-2-4-6-10/h2-8H,9H2,1H3,(H,15,16,20). The zero-order valence-corrected chi connectivity index (χ0v) is 12.6. The van der Waals surface area contributed by atoms with Gasteiger partial charge >= 0.3 is 0 Å². The minimum absolute atomic E-state index is 0.223. The van der Waals surface area contributed by atoms with E-state index in [0.717, 1.165) is 5.69 Å². The molecule has 0 spiro atoms. The van der Waals surface area contributed by atoms with E-state index in [9.17, 15) is 4.79 Å². The third-order valence-corrected chi connectivity index (χ3v) is 3.60. The Morgan fingerprint density at radius 2 is 2.18 bits per heavy atom. The van der Waals surface area contributed by atoms with Crippen molar-refractivity contribution in [2.45, 2.75) is 6.61 Å². The average molecular weight is 315 g/mol. The molecule has 0 saturated heterocycles. The number of rotatable bonds is 5. The van der Waals surface area contributed by atoms with E-state index in [4.69, 9.17) is 4.74 Å². The molecular weight excluding hydrogens is 302 g/mol. The third-order valence-electron chi connectivity index (χ3n) is 2.91. The van der Waals surface area contributed by atoms with Crippen LogP contribution in [-0.4, -0.2) is 33.0 Å². The Morgan fingerprint density at radius 3 is 2.86 bits per heavy atom. The summed E-state index contributed by atoms with van der Waals surface area (Å²) in [6.45, 7) is 0.225. The van der Waals surface area contributed by atoms with E-state index in [1.807, 2.05) is 30.3 Å². The first kappa shape index (κ1) is 14.4. The van der Waals surface area contributed by atoms with Gasteiger partial charge in [0.2, 0.25) is 0 Å². The number of hydrogen-bond donors (Lipinski definition) is 1. The Hall–Kier alpha value is -2.58. The van der Waals surface area contributed by atoms with E-state index in [1.165, 1.54) is 11.3 Å². The molecule has 0 aliphatic carbocycles. The lowest BCUT2D eigenvalue weighted by Crippen LogP contribution is -2.15. The van der Waals surface area contributed by atoms with Crippen LogP contribution in [0.15, 0.2) is 41.9 Å². The molecule has 2 aromatic heterocycles. The molecule has 22 heavy (non-hydrogen) atoms. The van der Waals surface area contributed by atoms with Gasteiger partial charge in [-0.2, -0.15) is 0 Å². The Bertz CT molecular complexity index is 755. The van der Waals surface area contributed by atoms with Crippen LogP contribution >= 0.6 is 11.3 Å². The molecule has 3 aromatic rings. The van der Waals surface area contributed by atoms with Crippen molar-refractivity contribution in [3.8, 4) is 5.69 Å². The van der Waals surface area contributed by atoms with Crippen LogP contribution < -0.4 is 5.32 Å². The molecule has 0 aliphatic heterocycles. The molecule has 1 N–H and O–H groups in total. The molecule has 3 rings (SSSR count). The van der Waals surface area contributed by atoms with Gasteiger partial charge in [-0.3, -0.25) is 10.1 Å². The third kappa shape index (κ3) is 2.87. The predicted octanol–water partition coefficient (Wildman–Crippen LogP) is 2.12. The van der Waals surface area contributed by atoms with Gasteiger partial charge in [-0.05, 0) is 12.1 Å². The molecule has 112 valence electrons. The Morgan fingerprint density at radius 1 is 1.36 bits per heavy atom. The highest BCUT2D eigenvalue weighted by Gasteiger charge is 2.21. The van der Waals surface area contributed by atoms with Crippen LogP contribution in [0.1, 0.15) is 16.2 Å². The van der Waals surface area contributed by atoms with Crippen LogP contribution in [0.25, 0.3) is 5.69 Å². The van der Waals surface area contributed by atoms with Crippen LogP contribution in [0.3, 0.4) is 0 Å². The first-order chi connectivity index (χ1) is 10.8. The molecule has 1 amide bonds. The maximum atomic E-state index is 12.3. The fraction of sp³-hybridized carbons (Fsp3) is 0.143. The van der Waals surface area contributed by atoms with E-state index >= 15 is 0 Å². The lowest BCUT2D eigenvalue weighted by atomic mass is 10.2. The van der Waals surface area contributed by atoms with Crippen LogP contribution in [0, 0.1) is 0 Å². The smallest absolute Gasteiger partial charge is 0.280 e. The molecule has 0 radical (unpaired) electrons. The number of carbonyl (C=O) groups is 1. The van der Waals surface area contributed by atoms with Gasteiger partial charge in [-0.1, -0.05) is 23.4 Å². The van der Waals surface area contributed by atoms with Crippen molar-refractivity contribution in [3.05, 3.63) is 53.3 Å². The van der Waals surface area contributed by atoms with E-state index in [0.29, 0.717) is 10.8 Å². The number of aromatic nitrogens is 4. The number of carbonyl (C=O) groups excluding carboxylic acids is 1. The molecule has 0 fully saturated rings. The highest BCUT2D eigenvalue weighted by atomic mass is 32.1. The highest BCUT2D eigenvalue weighted by Crippen LogP contribution is 2.16. The Kier molecular flexibility index (Phi) is 4.22. The zero-order valence-electron chi connectivity index (χ0n) is 11.8. The number of amides is 1. The predicted molar refractivity (Wildman–Crippen MR) is 82.1 cm³/mol. The average Bonchev–Trinajstić information content (AvgIpc) is 3.18. The first-order valence-corrected chi connectivity index (χ1v) is 7.37. The summed E-state index contributed by atoms with van der Waals surface area (Å²) in [6.07, 6.45) is 1.62. The maximum absolute atomic E-state index is 12.3. The number of hydrogen-bond acceptors (Lipinski definition) is 6. The van der Waals surface area contributed by atoms with E-state index < -0.39 is 0 Å². The molecule has 0 bridgehead atoms. The Labute approximate surface area is 130 Å². The van der Waals surface area contributed by atoms with Gasteiger partial charge in [-0.15, -0.1) is 16.4 Å². The molecule has 1 aromatic carbocycles. The molecule has 0 saturated carbocycles. The second-order valence-electron chi connectivity index (χ2n) is 4.36. The van der Waals surface area contributed by atoms with Crippen molar-refractivity contribution in [2.75, 3.05) is 12.4 Å². The zero-order chi connectivity index (χ0) is 15.4. The summed E-state index contributed by atoms with van der Waals surface area (Å²) in [6, 6.07) is 9.46. The molecular formula is C14H13N5O2S. The van der Waals surface area contributed by atoms with Crippen molar-refractivity contribution in [1.82, 2.24) is 20.0 Å². The van der Waals surface area contributed by atoms with Gasteiger partial charge in [0, 0.05) is 18.7 Å². The van der Waals surface area contributed by atoms with Crippen LogP contribution in [-0.2, 0) is 11.3 Å². The van der Waals surface area contributed by atoms with Crippen LogP contribution in [0.5, 0.6) is 0 Å². The highest BCUT2D eigenvalue weighted by molar-refractivity contribution is 7.13. The molecule has 7 nitrogen and oxygen atoms in total. The summed E-state index contributed by atoms with van der Waals surface area (Å²) < 4.78 is 6.78. The van der Waals surface area contributed by atoms with E-state index in [1.54, 1.807) is 23.4 Å². The van der Waals surface area contributed by atoms with Gasteiger partial charge in [0.1, 0.15) is 5.69 Å². The molecule has 0 aliphatic rings. The SMILES string of the molecule is COCc1c(C(=O)Nc2nccs2)nnn1-c1ccccc1. The molecule has 2 heterocycles. The van der Waals surface area contributed by atoms with Crippen LogP contribution in [0.2, 0.25) is 0 Å². The van der Waals surface area contributed by atoms with E-state index in [-0.39, 0.29) is 18.2 Å². The quantitative estimate of drug-likeness (QED) is 0.780. The molecule has 8 heteroatoms. The van der Waals surface area contributed by atoms with Gasteiger partial charge in [0.15, 0.2) is 10.8 Å². The summed E-state index contributed by atoms with van der Waals surface area (Å²) in [5.74, 6) is -0.357. The van der Waals surface area contributed by atoms with Gasteiger partial charge in [0.25, 0.3) is 5.91 Å². The van der Waals surface area contributed by atoms with Crippen molar-refractivity contribution in [3.63, 3.8) is 0 Å². The minimum Gasteiger partial charge on any atom is -0.378 e. The lowest BCUT2D eigenvalue weighted by Gasteiger charge is -2.06. The number of nitrogens with one attached hydrogen (secondary N) is 1. The summed E-state index contributed by atoms with van der Waals surface area (Å²) in [5.41, 5.74) is 1.62. The van der Waals surface area contributed by atoms with Crippen molar-refractivity contribution in [2.24, 2.45) is 0 Å². The topological polar surface area (TPSA) is 81.9 Å². The molecule has 0 atom stereocenters. The summed E-state index contributed by atoms with van der Waals surface area (Å²) in [5, 5.41) is 13.1. The lowest BCUT2D eigenvalue weighted by molar-refractivity contribution is 0.101. The monoisotopic (exact) mass is 315 g/mol. The Balaban J connectivity index is 1.94. The number of methoxy groups -OCH3 is 1. The number of nitrogens with zero attached hydrogens (tertiary/aromatic N) is 4. The normalized spacial score (nSPS) is 10.6. The van der Waals surface area contributed by atoms with Gasteiger partial charge in [0.05, 0.1) is 12.3 Å². The maximum Gasteiger partial charge on any atom is 0.280 e. The summed E-state index contributed by atoms with van der Waals surface area (Å²) in [4.78, 5) is 16.4. The number of anilines is 1. The van der Waals surface area contributed by atoms with Crippen molar-refractivity contribution >= 4 is 22.4 Å². The molecule has 0 unspecified atom stereocenters. The number of ether oxygens (including phenoxy) is 1. The van der Waals surface area contributed by atoms with Crippen molar-refractivity contribution in [1.29, 1.82) is 0 Å². The van der Waals surface area contributed by atoms with Crippen LogP contribution in [0.4, 0.5) is 5.13 Å². The van der Waals surface area contributed by atoms with Gasteiger partial charge < -0.3 is 4.74 Å². The number of para-hydroxylation sites is 1. The van der Waals surface area contributed by atoms with Gasteiger partial charge in [-0.25, -0.2) is 9.67 Å². The number of thiazole rings is 1.